The van der Waals surface area contributed by atoms with Gasteiger partial charge in [0.2, 0.25) is 0 Å². The molecular weight excluding hydrogens is 395 g/mol. The molecule has 1 aliphatic heterocycles. The Hall–Kier alpha value is -2.14. The smallest absolute Gasteiger partial charge is 0.307 e. The molecule has 2 atom stereocenters. The first kappa shape index (κ1) is 19.2. The summed E-state index contributed by atoms with van der Waals surface area (Å²) in [5, 5.41) is 11.7. The van der Waals surface area contributed by atoms with Gasteiger partial charge in [-0.2, -0.15) is 0 Å². The van der Waals surface area contributed by atoms with Crippen molar-refractivity contribution in [1.82, 2.24) is 9.88 Å². The van der Waals surface area contributed by atoms with Crippen molar-refractivity contribution in [3.8, 4) is 0 Å². The van der Waals surface area contributed by atoms with Gasteiger partial charge in [-0.15, -0.1) is 0 Å². The zero-order valence-electron chi connectivity index (χ0n) is 15.2. The molecule has 2 unspecified atom stereocenters. The Labute approximate surface area is 173 Å². The van der Waals surface area contributed by atoms with Crippen LogP contribution in [0.5, 0.6) is 0 Å². The topological polar surface area (TPSA) is 53.4 Å². The molecule has 1 saturated heterocycles. The zero-order chi connectivity index (χ0) is 19.7. The van der Waals surface area contributed by atoms with E-state index in [1.807, 2.05) is 42.6 Å². The van der Waals surface area contributed by atoms with Crippen LogP contribution in [0.1, 0.15) is 30.0 Å². The minimum Gasteiger partial charge on any atom is -0.481 e. The molecule has 6 heteroatoms. The predicted octanol–water partition coefficient (Wildman–Crippen LogP) is 5.43. The first-order valence-electron chi connectivity index (χ1n) is 9.29. The molecule has 144 valence electrons. The number of benzene rings is 2. The maximum absolute atomic E-state index is 11.6. The Bertz CT molecular complexity index is 1020. The molecule has 28 heavy (non-hydrogen) atoms. The molecule has 0 radical (unpaired) electrons. The van der Waals surface area contributed by atoms with E-state index in [0.29, 0.717) is 23.0 Å². The van der Waals surface area contributed by atoms with E-state index in [0.717, 1.165) is 35.0 Å². The van der Waals surface area contributed by atoms with Crippen LogP contribution in [-0.2, 0) is 4.79 Å². The summed E-state index contributed by atoms with van der Waals surface area (Å²) >= 11 is 12.7. The molecule has 1 fully saturated rings. The first-order valence-corrected chi connectivity index (χ1v) is 10.0. The highest BCUT2D eigenvalue weighted by molar-refractivity contribution is 6.35. The average Bonchev–Trinajstić information content (AvgIpc) is 2.70. The van der Waals surface area contributed by atoms with Gasteiger partial charge < -0.3 is 5.11 Å². The molecule has 4 rings (SSSR count). The van der Waals surface area contributed by atoms with E-state index in [1.54, 1.807) is 6.07 Å². The van der Waals surface area contributed by atoms with Gasteiger partial charge in [0, 0.05) is 28.2 Å². The number of likely N-dealkylation sites (tertiary alicyclic amines) is 1. The van der Waals surface area contributed by atoms with Gasteiger partial charge in [-0.25, -0.2) is 0 Å². The molecule has 2 heterocycles. The number of aromatic nitrogens is 1. The van der Waals surface area contributed by atoms with Crippen molar-refractivity contribution in [2.75, 3.05) is 13.1 Å². The van der Waals surface area contributed by atoms with Crippen LogP contribution in [0.25, 0.3) is 10.9 Å². The summed E-state index contributed by atoms with van der Waals surface area (Å²) in [5.41, 5.74) is 2.83. The number of piperidine rings is 1. The van der Waals surface area contributed by atoms with Crippen LogP contribution in [0.3, 0.4) is 0 Å². The lowest BCUT2D eigenvalue weighted by atomic mass is 9.91. The van der Waals surface area contributed by atoms with Crippen molar-refractivity contribution in [3.05, 3.63) is 75.9 Å². The summed E-state index contributed by atoms with van der Waals surface area (Å²) in [7, 11) is 0. The maximum atomic E-state index is 11.6. The van der Waals surface area contributed by atoms with Gasteiger partial charge in [-0.3, -0.25) is 14.7 Å². The third-order valence-electron chi connectivity index (χ3n) is 5.35. The Kier molecular flexibility index (Phi) is 5.54. The quantitative estimate of drug-likeness (QED) is 0.618. The number of carboxylic acid groups (broad SMARTS) is 1. The predicted molar refractivity (Wildman–Crippen MR) is 112 cm³/mol. The van der Waals surface area contributed by atoms with Crippen LogP contribution in [0.2, 0.25) is 10.0 Å². The Balaban J connectivity index is 1.81. The van der Waals surface area contributed by atoms with Gasteiger partial charge in [0.1, 0.15) is 0 Å². The number of hydrogen-bond donors (Lipinski definition) is 1. The molecule has 1 N–H and O–H groups in total. The third kappa shape index (κ3) is 3.86. The van der Waals surface area contributed by atoms with Crippen molar-refractivity contribution in [1.29, 1.82) is 0 Å². The number of aliphatic carboxylic acids is 1. The molecule has 4 nitrogen and oxygen atoms in total. The highest BCUT2D eigenvalue weighted by atomic mass is 35.5. The molecule has 1 aliphatic rings. The summed E-state index contributed by atoms with van der Waals surface area (Å²) in [6, 6.07) is 15.4. The van der Waals surface area contributed by atoms with Crippen LogP contribution in [0.15, 0.2) is 54.7 Å². The molecular formula is C22H20Cl2N2O2. The second-order valence-corrected chi connectivity index (χ2v) is 8.05. The van der Waals surface area contributed by atoms with Crippen LogP contribution in [0, 0.1) is 5.92 Å². The van der Waals surface area contributed by atoms with Crippen molar-refractivity contribution in [2.24, 2.45) is 5.92 Å². The van der Waals surface area contributed by atoms with Crippen molar-refractivity contribution < 1.29 is 9.90 Å². The summed E-state index contributed by atoms with van der Waals surface area (Å²) in [5.74, 6) is -1.13. The van der Waals surface area contributed by atoms with E-state index in [1.165, 1.54) is 0 Å². The molecule has 1 aromatic heterocycles. The van der Waals surface area contributed by atoms with Crippen LogP contribution in [-0.4, -0.2) is 34.0 Å². The van der Waals surface area contributed by atoms with Crippen LogP contribution < -0.4 is 0 Å². The lowest BCUT2D eigenvalue weighted by Crippen LogP contribution is -2.41. The summed E-state index contributed by atoms with van der Waals surface area (Å²) in [6.07, 6.45) is 3.39. The number of nitrogens with zero attached hydrogens (tertiary/aromatic N) is 2. The van der Waals surface area contributed by atoms with E-state index in [2.05, 4.69) is 16.0 Å². The lowest BCUT2D eigenvalue weighted by molar-refractivity contribution is -0.143. The van der Waals surface area contributed by atoms with Crippen molar-refractivity contribution in [2.45, 2.75) is 18.9 Å². The van der Waals surface area contributed by atoms with Crippen LogP contribution in [0.4, 0.5) is 0 Å². The van der Waals surface area contributed by atoms with Gasteiger partial charge >= 0.3 is 5.97 Å². The normalized spacial score (nSPS) is 18.9. The fraction of sp³-hybridized carbons (Fsp3) is 0.273. The van der Waals surface area contributed by atoms with E-state index in [-0.39, 0.29) is 12.0 Å². The van der Waals surface area contributed by atoms with E-state index < -0.39 is 5.97 Å². The van der Waals surface area contributed by atoms with E-state index in [4.69, 9.17) is 23.2 Å². The second-order valence-electron chi connectivity index (χ2n) is 7.20. The maximum Gasteiger partial charge on any atom is 0.307 e. The second kappa shape index (κ2) is 8.08. The molecule has 2 aromatic carbocycles. The fourth-order valence-corrected chi connectivity index (χ4v) is 4.50. The van der Waals surface area contributed by atoms with Gasteiger partial charge in [0.05, 0.1) is 17.5 Å². The van der Waals surface area contributed by atoms with Gasteiger partial charge in [0.25, 0.3) is 0 Å². The lowest BCUT2D eigenvalue weighted by Gasteiger charge is -2.38. The summed E-state index contributed by atoms with van der Waals surface area (Å²) in [4.78, 5) is 18.4. The van der Waals surface area contributed by atoms with Crippen molar-refractivity contribution in [3.63, 3.8) is 0 Å². The van der Waals surface area contributed by atoms with Gasteiger partial charge in [0.15, 0.2) is 0 Å². The largest absolute Gasteiger partial charge is 0.481 e. The summed E-state index contributed by atoms with van der Waals surface area (Å²) in [6.45, 7) is 1.28. The van der Waals surface area contributed by atoms with E-state index in [9.17, 15) is 9.90 Å². The molecule has 0 amide bonds. The molecule has 0 aliphatic carbocycles. The highest BCUT2D eigenvalue weighted by Crippen LogP contribution is 2.37. The monoisotopic (exact) mass is 414 g/mol. The molecule has 0 spiro atoms. The Morgan fingerprint density at radius 1 is 1.18 bits per heavy atom. The summed E-state index contributed by atoms with van der Waals surface area (Å²) < 4.78 is 0. The minimum atomic E-state index is -0.748. The Morgan fingerprint density at radius 3 is 2.79 bits per heavy atom. The number of carbonyl (C=O) groups is 1. The molecule has 0 bridgehead atoms. The number of halogens is 2. The Morgan fingerprint density at radius 2 is 2.00 bits per heavy atom. The number of rotatable bonds is 4. The third-order valence-corrected chi connectivity index (χ3v) is 5.91. The van der Waals surface area contributed by atoms with Crippen molar-refractivity contribution >= 4 is 40.1 Å². The number of pyridine rings is 1. The zero-order valence-corrected chi connectivity index (χ0v) is 16.7. The first-order chi connectivity index (χ1) is 13.5. The number of hydrogen-bond acceptors (Lipinski definition) is 3. The standard InChI is InChI=1S/C22H20Cl2N2O2/c23-17-7-8-18(19(24)11-17)21(26-9-3-5-15(13-26)22(27)28)16-10-14-4-1-2-6-20(14)25-12-16/h1-2,4,6-8,10-12,15,21H,3,5,9,13H2,(H,27,28). The highest BCUT2D eigenvalue weighted by Gasteiger charge is 2.32. The number of para-hydroxylation sites is 1. The number of fused-ring (bicyclic) bond motifs is 1. The molecule has 3 aromatic rings. The van der Waals surface area contributed by atoms with Gasteiger partial charge in [-0.05, 0) is 54.8 Å². The minimum absolute atomic E-state index is 0.177. The van der Waals surface area contributed by atoms with Crippen LogP contribution >= 0.6 is 23.2 Å². The number of carboxylic acids is 1. The fourth-order valence-electron chi connectivity index (χ4n) is 3.99. The van der Waals surface area contributed by atoms with Gasteiger partial charge in [-0.1, -0.05) is 47.5 Å². The molecule has 0 saturated carbocycles. The van der Waals surface area contributed by atoms with E-state index >= 15 is 0 Å². The average molecular weight is 415 g/mol. The SMILES string of the molecule is O=C(O)C1CCCN(C(c2cnc3ccccc3c2)c2ccc(Cl)cc2Cl)C1.